The summed E-state index contributed by atoms with van der Waals surface area (Å²) >= 11 is 0. The van der Waals surface area contributed by atoms with Gasteiger partial charge in [-0.3, -0.25) is 4.79 Å². The van der Waals surface area contributed by atoms with Crippen molar-refractivity contribution in [3.05, 3.63) is 113 Å². The molecule has 0 radical (unpaired) electrons. The van der Waals surface area contributed by atoms with Crippen molar-refractivity contribution in [1.29, 1.82) is 0 Å². The van der Waals surface area contributed by atoms with E-state index >= 15 is 0 Å². The van der Waals surface area contributed by atoms with Crippen LogP contribution < -0.4 is 24.3 Å². The zero-order valence-electron chi connectivity index (χ0n) is 23.9. The molecule has 0 saturated carbocycles. The number of ether oxygens (including phenoxy) is 4. The van der Waals surface area contributed by atoms with Gasteiger partial charge in [-0.15, -0.1) is 0 Å². The molecule has 2 heterocycles. The number of rotatable bonds is 6. The van der Waals surface area contributed by atoms with Gasteiger partial charge < -0.3 is 24.3 Å². The third kappa shape index (κ3) is 5.50. The second-order valence-electron chi connectivity index (χ2n) is 10.6. The minimum absolute atomic E-state index is 0.0444. The number of nitrogens with zero attached hydrogens (tertiary/aromatic N) is 1. The molecule has 7 rings (SSSR count). The number of nitrogens with one attached hydrogen (secondary N) is 1. The zero-order valence-corrected chi connectivity index (χ0v) is 23.9. The van der Waals surface area contributed by atoms with E-state index in [0.29, 0.717) is 58.0 Å². The smallest absolute Gasteiger partial charge is 0.416 e. The minimum Gasteiger partial charge on any atom is -0.497 e. The maximum atomic E-state index is 14.1. The molecule has 0 bridgehead atoms. The Morgan fingerprint density at radius 1 is 0.911 bits per heavy atom. The van der Waals surface area contributed by atoms with Crippen LogP contribution in [0.25, 0.3) is 22.6 Å². The van der Waals surface area contributed by atoms with E-state index in [4.69, 9.17) is 23.9 Å². The quantitative estimate of drug-likeness (QED) is 0.208. The van der Waals surface area contributed by atoms with Gasteiger partial charge >= 0.3 is 6.18 Å². The Hall–Kier alpha value is -5.51. The number of amides is 1. The molecule has 2 aliphatic rings. The summed E-state index contributed by atoms with van der Waals surface area (Å²) in [4.78, 5) is 19.0. The van der Waals surface area contributed by atoms with Gasteiger partial charge in [-0.2, -0.15) is 13.2 Å². The van der Waals surface area contributed by atoms with Crippen LogP contribution in [0.1, 0.15) is 39.2 Å². The van der Waals surface area contributed by atoms with E-state index in [9.17, 15) is 18.0 Å². The average molecular weight is 611 g/mol. The fourth-order valence-corrected chi connectivity index (χ4v) is 5.61. The highest BCUT2D eigenvalue weighted by Gasteiger charge is 2.32. The number of hydrogen-bond acceptors (Lipinski definition) is 6. The lowest BCUT2D eigenvalue weighted by atomic mass is 9.99. The fourth-order valence-electron chi connectivity index (χ4n) is 5.61. The highest BCUT2D eigenvalue weighted by Crippen LogP contribution is 2.41. The predicted molar refractivity (Wildman–Crippen MR) is 163 cm³/mol. The summed E-state index contributed by atoms with van der Waals surface area (Å²) in [6, 6.07) is 22.5. The lowest BCUT2D eigenvalue weighted by molar-refractivity contribution is -0.137. The Labute approximate surface area is 255 Å². The van der Waals surface area contributed by atoms with Crippen molar-refractivity contribution < 1.29 is 36.9 Å². The zero-order chi connectivity index (χ0) is 31.1. The number of halogens is 3. The molecule has 1 aliphatic carbocycles. The topological polar surface area (TPSA) is 78.9 Å². The first-order valence-electron chi connectivity index (χ1n) is 14.1. The molecule has 7 nitrogen and oxygen atoms in total. The van der Waals surface area contributed by atoms with Crippen molar-refractivity contribution >= 4 is 34.1 Å². The molecule has 0 fully saturated rings. The maximum absolute atomic E-state index is 14.1. The molecule has 5 aromatic rings. The standard InChI is InChI=1S/C35H25F3N2O5/c1-42-23-5-4-6-24(18-23)45-29-14-11-22(35(36,37)38)17-28(29)40-34(41)32-25-7-2-3-8-27(25)39-33-21(10-12-26(32)33)15-20-9-13-30-31(16-20)44-19-43-30/h2-9,11,13-18H,10,12,19H2,1H3,(H,40,41)/b21-15-. The lowest BCUT2D eigenvalue weighted by Crippen LogP contribution is -2.17. The molecular weight excluding hydrogens is 585 g/mol. The van der Waals surface area contributed by atoms with Crippen LogP contribution >= 0.6 is 0 Å². The SMILES string of the molecule is COc1cccc(Oc2ccc(C(F)(F)F)cc2NC(=O)c2c3c(nc4ccccc24)/C(=C\c2ccc4c(c2)OCO4)CC3)c1. The average Bonchev–Trinajstić information content (AvgIpc) is 3.67. The summed E-state index contributed by atoms with van der Waals surface area (Å²) in [7, 11) is 1.50. The Kier molecular flexibility index (Phi) is 7.04. The highest BCUT2D eigenvalue weighted by molar-refractivity contribution is 6.15. The Balaban J connectivity index is 1.29. The van der Waals surface area contributed by atoms with Crippen molar-refractivity contribution in [2.75, 3.05) is 19.2 Å². The third-order valence-electron chi connectivity index (χ3n) is 7.73. The molecule has 1 aliphatic heterocycles. The number of pyridine rings is 1. The van der Waals surface area contributed by atoms with Gasteiger partial charge in [-0.05, 0) is 84.1 Å². The summed E-state index contributed by atoms with van der Waals surface area (Å²) in [5.41, 5.74) is 3.13. The molecule has 0 spiro atoms. The van der Waals surface area contributed by atoms with Crippen LogP contribution in [0, 0.1) is 0 Å². The molecule has 1 aromatic heterocycles. The van der Waals surface area contributed by atoms with Crippen LogP contribution in [-0.2, 0) is 12.6 Å². The molecule has 1 N–H and O–H groups in total. The van der Waals surface area contributed by atoms with Crippen LogP contribution in [0.4, 0.5) is 18.9 Å². The van der Waals surface area contributed by atoms with Gasteiger partial charge in [0.25, 0.3) is 5.91 Å². The molecule has 0 atom stereocenters. The van der Waals surface area contributed by atoms with E-state index in [-0.39, 0.29) is 18.2 Å². The number of anilines is 1. The van der Waals surface area contributed by atoms with E-state index < -0.39 is 17.6 Å². The Bertz CT molecular complexity index is 2000. The summed E-state index contributed by atoms with van der Waals surface area (Å²) < 4.78 is 63.4. The number of carbonyl (C=O) groups is 1. The van der Waals surface area contributed by atoms with Gasteiger partial charge in [0.2, 0.25) is 6.79 Å². The van der Waals surface area contributed by atoms with Crippen molar-refractivity contribution in [2.24, 2.45) is 0 Å². The van der Waals surface area contributed by atoms with Gasteiger partial charge in [0, 0.05) is 11.5 Å². The van der Waals surface area contributed by atoms with E-state index in [1.807, 2.05) is 36.4 Å². The van der Waals surface area contributed by atoms with Crippen LogP contribution in [0.15, 0.2) is 84.9 Å². The molecule has 4 aromatic carbocycles. The third-order valence-corrected chi connectivity index (χ3v) is 7.73. The fraction of sp³-hybridized carbons (Fsp3) is 0.143. The summed E-state index contributed by atoms with van der Waals surface area (Å²) in [5.74, 6) is 1.65. The first kappa shape index (κ1) is 28.3. The van der Waals surface area contributed by atoms with E-state index in [1.165, 1.54) is 13.2 Å². The van der Waals surface area contributed by atoms with E-state index in [2.05, 4.69) is 5.32 Å². The summed E-state index contributed by atoms with van der Waals surface area (Å²) in [6.45, 7) is 0.169. The number of methoxy groups -OCH3 is 1. The van der Waals surface area contributed by atoms with Crippen molar-refractivity contribution in [1.82, 2.24) is 4.98 Å². The van der Waals surface area contributed by atoms with Gasteiger partial charge in [0.1, 0.15) is 11.5 Å². The number of benzene rings is 4. The maximum Gasteiger partial charge on any atom is 0.416 e. The normalized spacial score (nSPS) is 14.4. The number of allylic oxidation sites excluding steroid dienone is 1. The number of para-hydroxylation sites is 1. The van der Waals surface area contributed by atoms with Gasteiger partial charge in [0.15, 0.2) is 17.2 Å². The number of aromatic nitrogens is 1. The van der Waals surface area contributed by atoms with Crippen LogP contribution in [0.3, 0.4) is 0 Å². The molecule has 10 heteroatoms. The highest BCUT2D eigenvalue weighted by atomic mass is 19.4. The Morgan fingerprint density at radius 2 is 1.73 bits per heavy atom. The van der Waals surface area contributed by atoms with Crippen molar-refractivity contribution in [2.45, 2.75) is 19.0 Å². The second kappa shape index (κ2) is 11.2. The first-order valence-corrected chi connectivity index (χ1v) is 14.1. The predicted octanol–water partition coefficient (Wildman–Crippen LogP) is 8.52. The number of hydrogen-bond donors (Lipinski definition) is 1. The molecule has 0 saturated heterocycles. The number of carbonyl (C=O) groups excluding carboxylic acids is 1. The van der Waals surface area contributed by atoms with Crippen LogP contribution in [-0.4, -0.2) is 24.8 Å². The second-order valence-corrected chi connectivity index (χ2v) is 10.6. The van der Waals surface area contributed by atoms with Gasteiger partial charge in [-0.1, -0.05) is 30.3 Å². The van der Waals surface area contributed by atoms with Crippen LogP contribution in [0.2, 0.25) is 0 Å². The molecule has 45 heavy (non-hydrogen) atoms. The van der Waals surface area contributed by atoms with Gasteiger partial charge in [0.05, 0.1) is 35.1 Å². The largest absolute Gasteiger partial charge is 0.497 e. The number of alkyl halides is 3. The van der Waals surface area contributed by atoms with E-state index in [1.54, 1.807) is 36.4 Å². The monoisotopic (exact) mass is 610 g/mol. The summed E-state index contributed by atoms with van der Waals surface area (Å²) in [6.07, 6.45) is -1.47. The summed E-state index contributed by atoms with van der Waals surface area (Å²) in [5, 5.41) is 3.33. The molecule has 0 unspecified atom stereocenters. The van der Waals surface area contributed by atoms with E-state index in [0.717, 1.165) is 28.8 Å². The minimum atomic E-state index is -4.63. The lowest BCUT2D eigenvalue weighted by Gasteiger charge is -2.17. The Morgan fingerprint density at radius 3 is 2.58 bits per heavy atom. The van der Waals surface area contributed by atoms with Crippen molar-refractivity contribution in [3.63, 3.8) is 0 Å². The van der Waals surface area contributed by atoms with Crippen molar-refractivity contribution in [3.8, 4) is 28.7 Å². The first-order chi connectivity index (χ1) is 21.8. The molecular formula is C35H25F3N2O5. The van der Waals surface area contributed by atoms with Crippen LogP contribution in [0.5, 0.6) is 28.7 Å². The molecule has 226 valence electrons. The molecule has 1 amide bonds. The van der Waals surface area contributed by atoms with Gasteiger partial charge in [-0.25, -0.2) is 4.98 Å². The number of fused-ring (bicyclic) bond motifs is 3.